The van der Waals surface area contributed by atoms with Crippen molar-refractivity contribution < 1.29 is 9.84 Å². The molecule has 0 fully saturated rings. The first-order valence-electron chi connectivity index (χ1n) is 4.22. The number of aliphatic hydroxyl groups is 1. The molecule has 14 heavy (non-hydrogen) atoms. The minimum Gasteiger partial charge on any atom is -0.389 e. The standard InChI is InChI=1S/C8H14N4O2/c1-14-5-6(13)4-10-8-3-2-7(9)11-12-8/h2-3,6,13H,4-5H2,1H3,(H2,9,11)(H,10,12). The Bertz CT molecular complexity index is 265. The molecule has 0 bridgehead atoms. The van der Waals surface area contributed by atoms with E-state index < -0.39 is 6.10 Å². The van der Waals surface area contributed by atoms with Crippen molar-refractivity contribution in [2.24, 2.45) is 0 Å². The number of anilines is 2. The molecular weight excluding hydrogens is 184 g/mol. The third kappa shape index (κ3) is 3.55. The van der Waals surface area contributed by atoms with Crippen LogP contribution in [0.1, 0.15) is 0 Å². The van der Waals surface area contributed by atoms with Gasteiger partial charge in [0.05, 0.1) is 12.7 Å². The summed E-state index contributed by atoms with van der Waals surface area (Å²) in [5.41, 5.74) is 5.36. The lowest BCUT2D eigenvalue weighted by Crippen LogP contribution is -2.24. The Hall–Kier alpha value is -1.40. The summed E-state index contributed by atoms with van der Waals surface area (Å²) in [5.74, 6) is 0.947. The number of aliphatic hydroxyl groups excluding tert-OH is 1. The Balaban J connectivity index is 2.34. The van der Waals surface area contributed by atoms with Crippen LogP contribution < -0.4 is 11.1 Å². The SMILES string of the molecule is COCC(O)CNc1ccc(N)nn1. The molecule has 0 spiro atoms. The number of nitrogen functional groups attached to an aromatic ring is 1. The van der Waals surface area contributed by atoms with E-state index in [2.05, 4.69) is 15.5 Å². The smallest absolute Gasteiger partial charge is 0.148 e. The van der Waals surface area contributed by atoms with E-state index in [-0.39, 0.29) is 6.61 Å². The number of methoxy groups -OCH3 is 1. The number of nitrogens with one attached hydrogen (secondary N) is 1. The first kappa shape index (κ1) is 10.7. The van der Waals surface area contributed by atoms with Crippen LogP contribution in [0.2, 0.25) is 0 Å². The lowest BCUT2D eigenvalue weighted by atomic mass is 10.4. The first-order chi connectivity index (χ1) is 6.72. The summed E-state index contributed by atoms with van der Waals surface area (Å²) in [6.45, 7) is 0.655. The van der Waals surface area contributed by atoms with Gasteiger partial charge < -0.3 is 20.9 Å². The molecule has 6 heteroatoms. The summed E-state index contributed by atoms with van der Waals surface area (Å²) in [5, 5.41) is 19.6. The van der Waals surface area contributed by atoms with Crippen LogP contribution in [-0.4, -0.2) is 41.7 Å². The van der Waals surface area contributed by atoms with Crippen LogP contribution in [0.3, 0.4) is 0 Å². The molecule has 1 aromatic rings. The molecule has 1 unspecified atom stereocenters. The summed E-state index contributed by atoms with van der Waals surface area (Å²) < 4.78 is 4.77. The van der Waals surface area contributed by atoms with E-state index in [1.807, 2.05) is 0 Å². The highest BCUT2D eigenvalue weighted by Gasteiger charge is 2.03. The van der Waals surface area contributed by atoms with Crippen molar-refractivity contribution in [3.63, 3.8) is 0 Å². The zero-order valence-electron chi connectivity index (χ0n) is 7.97. The third-order valence-corrected chi connectivity index (χ3v) is 1.56. The highest BCUT2D eigenvalue weighted by molar-refractivity contribution is 5.38. The van der Waals surface area contributed by atoms with Crippen molar-refractivity contribution in [3.8, 4) is 0 Å². The van der Waals surface area contributed by atoms with Gasteiger partial charge in [0.25, 0.3) is 0 Å². The second-order valence-electron chi connectivity index (χ2n) is 2.83. The Morgan fingerprint density at radius 1 is 1.57 bits per heavy atom. The summed E-state index contributed by atoms with van der Waals surface area (Å²) >= 11 is 0. The van der Waals surface area contributed by atoms with Gasteiger partial charge in [-0.25, -0.2) is 0 Å². The van der Waals surface area contributed by atoms with Crippen molar-refractivity contribution >= 4 is 11.6 Å². The number of nitrogens with zero attached hydrogens (tertiary/aromatic N) is 2. The van der Waals surface area contributed by atoms with Gasteiger partial charge in [0.15, 0.2) is 0 Å². The molecule has 0 aliphatic heterocycles. The summed E-state index contributed by atoms with van der Waals surface area (Å²) in [7, 11) is 1.53. The monoisotopic (exact) mass is 198 g/mol. The lowest BCUT2D eigenvalue weighted by molar-refractivity contribution is 0.0727. The molecule has 0 aromatic carbocycles. The maximum absolute atomic E-state index is 9.30. The second kappa shape index (κ2) is 5.36. The molecule has 0 radical (unpaired) electrons. The third-order valence-electron chi connectivity index (χ3n) is 1.56. The first-order valence-corrected chi connectivity index (χ1v) is 4.22. The van der Waals surface area contributed by atoms with Crippen molar-refractivity contribution in [3.05, 3.63) is 12.1 Å². The molecule has 0 aliphatic carbocycles. The van der Waals surface area contributed by atoms with E-state index in [9.17, 15) is 5.11 Å². The molecule has 78 valence electrons. The molecule has 0 saturated heterocycles. The molecule has 1 atom stereocenters. The molecule has 0 amide bonds. The van der Waals surface area contributed by atoms with Crippen LogP contribution in [-0.2, 0) is 4.74 Å². The van der Waals surface area contributed by atoms with Crippen LogP contribution in [0.15, 0.2) is 12.1 Å². The fourth-order valence-corrected chi connectivity index (χ4v) is 0.911. The van der Waals surface area contributed by atoms with Gasteiger partial charge in [-0.15, -0.1) is 10.2 Å². The van der Waals surface area contributed by atoms with Crippen LogP contribution in [0.5, 0.6) is 0 Å². The maximum Gasteiger partial charge on any atom is 0.148 e. The maximum atomic E-state index is 9.30. The fraction of sp³-hybridized carbons (Fsp3) is 0.500. The zero-order valence-corrected chi connectivity index (χ0v) is 7.97. The van der Waals surface area contributed by atoms with Crippen LogP contribution in [0.4, 0.5) is 11.6 Å². The van der Waals surface area contributed by atoms with Gasteiger partial charge in [0, 0.05) is 13.7 Å². The predicted molar refractivity (Wildman–Crippen MR) is 52.8 cm³/mol. The largest absolute Gasteiger partial charge is 0.389 e. The van der Waals surface area contributed by atoms with E-state index in [0.717, 1.165) is 0 Å². The topological polar surface area (TPSA) is 93.3 Å². The number of aromatic nitrogens is 2. The van der Waals surface area contributed by atoms with Crippen molar-refractivity contribution in [1.82, 2.24) is 10.2 Å². The van der Waals surface area contributed by atoms with Gasteiger partial charge in [-0.1, -0.05) is 0 Å². The number of rotatable bonds is 5. The average molecular weight is 198 g/mol. The van der Waals surface area contributed by atoms with E-state index in [1.165, 1.54) is 7.11 Å². The highest BCUT2D eigenvalue weighted by atomic mass is 16.5. The van der Waals surface area contributed by atoms with Crippen molar-refractivity contribution in [1.29, 1.82) is 0 Å². The molecule has 4 N–H and O–H groups in total. The number of hydrogen-bond donors (Lipinski definition) is 3. The normalized spacial score (nSPS) is 12.4. The molecule has 1 rings (SSSR count). The molecule has 6 nitrogen and oxygen atoms in total. The summed E-state index contributed by atoms with van der Waals surface area (Å²) in [6.07, 6.45) is -0.556. The van der Waals surface area contributed by atoms with E-state index in [1.54, 1.807) is 12.1 Å². The van der Waals surface area contributed by atoms with Gasteiger partial charge in [-0.05, 0) is 12.1 Å². The van der Waals surface area contributed by atoms with Crippen LogP contribution in [0, 0.1) is 0 Å². The Morgan fingerprint density at radius 3 is 2.93 bits per heavy atom. The van der Waals surface area contributed by atoms with Gasteiger partial charge >= 0.3 is 0 Å². The van der Waals surface area contributed by atoms with Gasteiger partial charge in [-0.3, -0.25) is 0 Å². The molecule has 1 aromatic heterocycles. The molecule has 1 heterocycles. The Morgan fingerprint density at radius 2 is 2.36 bits per heavy atom. The van der Waals surface area contributed by atoms with Crippen molar-refractivity contribution in [2.75, 3.05) is 31.3 Å². The minimum absolute atomic E-state index is 0.287. The molecule has 0 saturated carbocycles. The number of hydrogen-bond acceptors (Lipinski definition) is 6. The van der Waals surface area contributed by atoms with Gasteiger partial charge in [0.1, 0.15) is 11.6 Å². The fourth-order valence-electron chi connectivity index (χ4n) is 0.911. The molecule has 0 aliphatic rings. The van der Waals surface area contributed by atoms with Crippen molar-refractivity contribution in [2.45, 2.75) is 6.10 Å². The minimum atomic E-state index is -0.556. The Labute approximate surface area is 82.1 Å². The van der Waals surface area contributed by atoms with E-state index in [0.29, 0.717) is 18.2 Å². The van der Waals surface area contributed by atoms with E-state index >= 15 is 0 Å². The average Bonchev–Trinajstić information content (AvgIpc) is 2.17. The van der Waals surface area contributed by atoms with E-state index in [4.69, 9.17) is 10.5 Å². The zero-order chi connectivity index (χ0) is 10.4. The van der Waals surface area contributed by atoms with Crippen LogP contribution >= 0.6 is 0 Å². The predicted octanol–water partition coefficient (Wildman–Crippen LogP) is -0.522. The quantitative estimate of drug-likeness (QED) is 0.589. The molecular formula is C8H14N4O2. The lowest BCUT2D eigenvalue weighted by Gasteiger charge is -2.10. The number of ether oxygens (including phenoxy) is 1. The highest BCUT2D eigenvalue weighted by Crippen LogP contribution is 2.02. The summed E-state index contributed by atoms with van der Waals surface area (Å²) in [4.78, 5) is 0. The Kier molecular flexibility index (Phi) is 4.09. The summed E-state index contributed by atoms with van der Waals surface area (Å²) in [6, 6.07) is 3.33. The van der Waals surface area contributed by atoms with Gasteiger partial charge in [0.2, 0.25) is 0 Å². The van der Waals surface area contributed by atoms with Crippen LogP contribution in [0.25, 0.3) is 0 Å². The second-order valence-corrected chi connectivity index (χ2v) is 2.83. The number of nitrogens with two attached hydrogens (primary N) is 1. The van der Waals surface area contributed by atoms with Gasteiger partial charge in [-0.2, -0.15) is 0 Å².